The fourth-order valence-electron chi connectivity index (χ4n) is 2.88. The summed E-state index contributed by atoms with van der Waals surface area (Å²) in [6, 6.07) is 4.27. The molecule has 4 rings (SSSR count). The van der Waals surface area contributed by atoms with Crippen LogP contribution < -0.4 is 5.69 Å². The van der Waals surface area contributed by atoms with Crippen LogP contribution in [0.5, 0.6) is 0 Å². The lowest BCUT2D eigenvalue weighted by molar-refractivity contribution is 0.570. The number of halogens is 2. The minimum Gasteiger partial charge on any atom is -0.284 e. The molecule has 0 bridgehead atoms. The van der Waals surface area contributed by atoms with E-state index in [4.69, 9.17) is 0 Å². The Morgan fingerprint density at radius 2 is 2.08 bits per heavy atom. The first-order valence-corrected chi connectivity index (χ1v) is 8.57. The summed E-state index contributed by atoms with van der Waals surface area (Å²) < 4.78 is 34.8. The number of benzene rings is 1. The lowest BCUT2D eigenvalue weighted by Gasteiger charge is -2.07. The minimum atomic E-state index is -0.639. The zero-order chi connectivity index (χ0) is 18.4. The van der Waals surface area contributed by atoms with E-state index in [-0.39, 0.29) is 23.4 Å². The third-order valence-electron chi connectivity index (χ3n) is 4.33. The van der Waals surface area contributed by atoms with E-state index < -0.39 is 11.6 Å². The van der Waals surface area contributed by atoms with Gasteiger partial charge in [0.2, 0.25) is 0 Å². The molecule has 0 N–H and O–H groups in total. The fourth-order valence-corrected chi connectivity index (χ4v) is 3.32. The highest BCUT2D eigenvalue weighted by Gasteiger charge is 2.17. The van der Waals surface area contributed by atoms with Gasteiger partial charge in [0.05, 0.1) is 17.8 Å². The molecule has 0 saturated carbocycles. The average molecular weight is 373 g/mol. The quantitative estimate of drug-likeness (QED) is 0.554. The SMILES string of the molecule is Cc1c(F)ccc(-c2cnc3c(c2)n(Cc2csnn2)c(=O)n3C)c1F. The van der Waals surface area contributed by atoms with Crippen molar-refractivity contribution in [2.24, 2.45) is 7.05 Å². The molecule has 0 atom stereocenters. The molecule has 3 heterocycles. The standard InChI is InChI=1S/C17H13F2N5OS/c1-9-13(18)4-3-12(15(9)19)10-5-14-16(20-6-10)23(2)17(25)24(14)7-11-8-26-22-21-11/h3-6,8H,7H2,1-2H3. The Balaban J connectivity index is 1.92. The molecule has 0 radical (unpaired) electrons. The zero-order valence-corrected chi connectivity index (χ0v) is 14.7. The smallest absolute Gasteiger partial charge is 0.284 e. The number of nitrogens with zero attached hydrogens (tertiary/aromatic N) is 5. The Labute approximate surface area is 150 Å². The maximum absolute atomic E-state index is 14.5. The molecule has 0 aliphatic rings. The van der Waals surface area contributed by atoms with Crippen molar-refractivity contribution in [3.8, 4) is 11.1 Å². The van der Waals surface area contributed by atoms with E-state index in [1.807, 2.05) is 0 Å². The van der Waals surface area contributed by atoms with Gasteiger partial charge in [-0.1, -0.05) is 4.49 Å². The molecule has 0 unspecified atom stereocenters. The molecular weight excluding hydrogens is 360 g/mol. The van der Waals surface area contributed by atoms with Crippen molar-refractivity contribution in [1.29, 1.82) is 0 Å². The van der Waals surface area contributed by atoms with Crippen molar-refractivity contribution in [3.05, 3.63) is 63.2 Å². The Hall–Kier alpha value is -2.94. The molecule has 9 heteroatoms. The van der Waals surface area contributed by atoms with Crippen LogP contribution in [-0.2, 0) is 13.6 Å². The second-order valence-corrected chi connectivity index (χ2v) is 6.53. The van der Waals surface area contributed by atoms with Gasteiger partial charge in [0, 0.05) is 35.3 Å². The summed E-state index contributed by atoms with van der Waals surface area (Å²) in [6.45, 7) is 1.62. The number of imidazole rings is 1. The third kappa shape index (κ3) is 2.51. The van der Waals surface area contributed by atoms with E-state index in [1.54, 1.807) is 18.5 Å². The van der Waals surface area contributed by atoms with Gasteiger partial charge in [-0.15, -0.1) is 5.10 Å². The molecule has 6 nitrogen and oxygen atoms in total. The Morgan fingerprint density at radius 3 is 2.81 bits per heavy atom. The molecule has 3 aromatic heterocycles. The van der Waals surface area contributed by atoms with Crippen molar-refractivity contribution in [2.75, 3.05) is 0 Å². The molecule has 0 aliphatic heterocycles. The fraction of sp³-hybridized carbons (Fsp3) is 0.176. The lowest BCUT2D eigenvalue weighted by Crippen LogP contribution is -2.22. The molecular formula is C17H13F2N5OS. The van der Waals surface area contributed by atoms with Crippen molar-refractivity contribution in [3.63, 3.8) is 0 Å². The van der Waals surface area contributed by atoms with Crippen molar-refractivity contribution in [1.82, 2.24) is 23.7 Å². The highest BCUT2D eigenvalue weighted by atomic mass is 32.1. The Kier molecular flexibility index (Phi) is 3.87. The minimum absolute atomic E-state index is 0.0541. The van der Waals surface area contributed by atoms with Crippen LogP contribution in [-0.4, -0.2) is 23.7 Å². The van der Waals surface area contributed by atoms with Crippen LogP contribution in [0, 0.1) is 18.6 Å². The number of aromatic nitrogens is 5. The normalized spacial score (nSPS) is 11.4. The summed E-state index contributed by atoms with van der Waals surface area (Å²) in [6.07, 6.45) is 1.48. The summed E-state index contributed by atoms with van der Waals surface area (Å²) in [7, 11) is 1.62. The number of aryl methyl sites for hydroxylation is 1. The average Bonchev–Trinajstić information content (AvgIpc) is 3.23. The van der Waals surface area contributed by atoms with Gasteiger partial charge < -0.3 is 0 Å². The van der Waals surface area contributed by atoms with Gasteiger partial charge in [0.25, 0.3) is 0 Å². The van der Waals surface area contributed by atoms with Gasteiger partial charge in [-0.2, -0.15) is 0 Å². The summed E-state index contributed by atoms with van der Waals surface area (Å²) in [5.41, 5.74) is 2.06. The summed E-state index contributed by atoms with van der Waals surface area (Å²) in [4.78, 5) is 16.9. The molecule has 0 amide bonds. The number of hydrogen-bond acceptors (Lipinski definition) is 5. The largest absolute Gasteiger partial charge is 0.330 e. The molecule has 0 spiro atoms. The van der Waals surface area contributed by atoms with Crippen LogP contribution in [0.1, 0.15) is 11.3 Å². The predicted molar refractivity (Wildman–Crippen MR) is 94.1 cm³/mol. The number of fused-ring (bicyclic) bond motifs is 1. The van der Waals surface area contributed by atoms with E-state index in [9.17, 15) is 13.6 Å². The predicted octanol–water partition coefficient (Wildman–Crippen LogP) is 2.89. The van der Waals surface area contributed by atoms with Crippen LogP contribution in [0.2, 0.25) is 0 Å². The van der Waals surface area contributed by atoms with Gasteiger partial charge in [-0.05, 0) is 36.7 Å². The second kappa shape index (κ2) is 6.10. The topological polar surface area (TPSA) is 65.6 Å². The van der Waals surface area contributed by atoms with Crippen LogP contribution in [0.4, 0.5) is 8.78 Å². The third-order valence-corrected chi connectivity index (χ3v) is 4.88. The molecule has 132 valence electrons. The van der Waals surface area contributed by atoms with Crippen LogP contribution in [0.3, 0.4) is 0 Å². The molecule has 26 heavy (non-hydrogen) atoms. The summed E-state index contributed by atoms with van der Waals surface area (Å²) in [5, 5.41) is 5.72. The van der Waals surface area contributed by atoms with E-state index in [2.05, 4.69) is 14.6 Å². The van der Waals surface area contributed by atoms with Crippen LogP contribution >= 0.6 is 11.5 Å². The Morgan fingerprint density at radius 1 is 1.27 bits per heavy atom. The first-order valence-electron chi connectivity index (χ1n) is 7.73. The highest BCUT2D eigenvalue weighted by Crippen LogP contribution is 2.28. The highest BCUT2D eigenvalue weighted by molar-refractivity contribution is 7.03. The summed E-state index contributed by atoms with van der Waals surface area (Å²) in [5.74, 6) is -1.24. The molecule has 4 aromatic rings. The van der Waals surface area contributed by atoms with Crippen molar-refractivity contribution in [2.45, 2.75) is 13.5 Å². The van der Waals surface area contributed by atoms with E-state index >= 15 is 0 Å². The molecule has 1 aromatic carbocycles. The van der Waals surface area contributed by atoms with E-state index in [0.29, 0.717) is 22.4 Å². The van der Waals surface area contributed by atoms with Gasteiger partial charge in [-0.25, -0.2) is 18.6 Å². The first-order chi connectivity index (χ1) is 12.5. The first kappa shape index (κ1) is 16.5. The maximum Gasteiger partial charge on any atom is 0.330 e. The van der Waals surface area contributed by atoms with Gasteiger partial charge in [-0.3, -0.25) is 9.13 Å². The number of pyridine rings is 1. The molecule has 0 saturated heterocycles. The Bertz CT molecular complexity index is 1180. The lowest BCUT2D eigenvalue weighted by atomic mass is 10.0. The van der Waals surface area contributed by atoms with E-state index in [0.717, 1.165) is 0 Å². The van der Waals surface area contributed by atoms with Crippen LogP contribution in [0.25, 0.3) is 22.3 Å². The number of rotatable bonds is 3. The monoisotopic (exact) mass is 373 g/mol. The van der Waals surface area contributed by atoms with E-state index in [1.165, 1.54) is 45.9 Å². The van der Waals surface area contributed by atoms with Gasteiger partial charge in [0.15, 0.2) is 5.65 Å². The summed E-state index contributed by atoms with van der Waals surface area (Å²) >= 11 is 1.20. The zero-order valence-electron chi connectivity index (χ0n) is 13.9. The van der Waals surface area contributed by atoms with Crippen molar-refractivity contribution >= 4 is 22.7 Å². The maximum atomic E-state index is 14.5. The van der Waals surface area contributed by atoms with Crippen molar-refractivity contribution < 1.29 is 8.78 Å². The second-order valence-electron chi connectivity index (χ2n) is 5.92. The van der Waals surface area contributed by atoms with Gasteiger partial charge in [0.1, 0.15) is 11.6 Å². The molecule has 0 aliphatic carbocycles. The van der Waals surface area contributed by atoms with Gasteiger partial charge >= 0.3 is 5.69 Å². The number of hydrogen-bond donors (Lipinski definition) is 0. The molecule has 0 fully saturated rings. The van der Waals surface area contributed by atoms with Crippen LogP contribution in [0.15, 0.2) is 34.6 Å².